The Hall–Kier alpha value is -1.26. The Morgan fingerprint density at radius 2 is 1.84 bits per heavy atom. The Bertz CT molecular complexity index is 464. The van der Waals surface area contributed by atoms with Crippen molar-refractivity contribution in [1.82, 2.24) is 0 Å². The molecule has 0 atom stereocenters. The molecule has 104 valence electrons. The molecule has 1 aliphatic carbocycles. The van der Waals surface area contributed by atoms with Gasteiger partial charge in [-0.05, 0) is 36.5 Å². The van der Waals surface area contributed by atoms with Gasteiger partial charge in [-0.2, -0.15) is 0 Å². The van der Waals surface area contributed by atoms with Crippen LogP contribution in [-0.4, -0.2) is 33.5 Å². The number of methoxy groups -OCH3 is 2. The fraction of sp³-hybridized carbons (Fsp3) is 0.600. The second kappa shape index (κ2) is 4.69. The van der Waals surface area contributed by atoms with Gasteiger partial charge in [0.1, 0.15) is 0 Å². The van der Waals surface area contributed by atoms with Crippen LogP contribution in [0.4, 0.5) is 0 Å². The topological polar surface area (TPSA) is 53.7 Å². The minimum Gasteiger partial charge on any atom is -0.493 e. The first kappa shape index (κ1) is 12.8. The largest absolute Gasteiger partial charge is 0.493 e. The number of hydrogen-bond donors (Lipinski definition) is 1. The zero-order valence-electron chi connectivity index (χ0n) is 11.5. The predicted octanol–water partition coefficient (Wildman–Crippen LogP) is 1.71. The van der Waals surface area contributed by atoms with Crippen LogP contribution < -0.4 is 15.2 Å². The first-order valence-electron chi connectivity index (χ1n) is 6.75. The van der Waals surface area contributed by atoms with Crippen LogP contribution in [0.2, 0.25) is 0 Å². The van der Waals surface area contributed by atoms with Crippen LogP contribution in [0.3, 0.4) is 0 Å². The van der Waals surface area contributed by atoms with E-state index in [1.807, 2.05) is 6.07 Å². The van der Waals surface area contributed by atoms with Crippen LogP contribution in [0.15, 0.2) is 18.2 Å². The fourth-order valence-corrected chi connectivity index (χ4v) is 3.22. The second-order valence-electron chi connectivity index (χ2n) is 5.65. The van der Waals surface area contributed by atoms with Gasteiger partial charge in [0.15, 0.2) is 11.5 Å². The number of benzene rings is 1. The quantitative estimate of drug-likeness (QED) is 0.898. The second-order valence-corrected chi connectivity index (χ2v) is 5.65. The van der Waals surface area contributed by atoms with Gasteiger partial charge < -0.3 is 19.9 Å². The van der Waals surface area contributed by atoms with Gasteiger partial charge in [-0.25, -0.2) is 0 Å². The third-order valence-corrected chi connectivity index (χ3v) is 4.63. The maximum absolute atomic E-state index is 5.94. The summed E-state index contributed by atoms with van der Waals surface area (Å²) in [6.07, 6.45) is 2.19. The fourth-order valence-electron chi connectivity index (χ4n) is 3.22. The zero-order valence-corrected chi connectivity index (χ0v) is 11.5. The average molecular weight is 263 g/mol. The molecule has 1 heterocycles. The van der Waals surface area contributed by atoms with Gasteiger partial charge >= 0.3 is 0 Å². The highest BCUT2D eigenvalue weighted by Gasteiger charge is 2.51. The minimum atomic E-state index is 0.134. The number of nitrogens with two attached hydrogens (primary N) is 1. The summed E-state index contributed by atoms with van der Waals surface area (Å²) in [4.78, 5) is 0. The van der Waals surface area contributed by atoms with E-state index in [9.17, 15) is 0 Å². The van der Waals surface area contributed by atoms with Gasteiger partial charge in [0, 0.05) is 11.5 Å². The van der Waals surface area contributed by atoms with Crippen LogP contribution in [-0.2, 0) is 10.2 Å². The standard InChI is InChI=1S/C15H21NO3/c1-17-13-4-3-10(7-14(13)18-2)15(8-19-9-15)11-5-12(16)6-11/h3-4,7,11-12H,5-6,8-9,16H2,1-2H3. The lowest BCUT2D eigenvalue weighted by atomic mass is 9.59. The molecule has 2 fully saturated rings. The Labute approximate surface area is 113 Å². The van der Waals surface area contributed by atoms with Gasteiger partial charge in [-0.1, -0.05) is 6.07 Å². The lowest BCUT2D eigenvalue weighted by Gasteiger charge is -2.53. The minimum absolute atomic E-state index is 0.134. The van der Waals surface area contributed by atoms with Gasteiger partial charge in [0.25, 0.3) is 0 Å². The summed E-state index contributed by atoms with van der Waals surface area (Å²) >= 11 is 0. The van der Waals surface area contributed by atoms with Crippen molar-refractivity contribution in [2.75, 3.05) is 27.4 Å². The summed E-state index contributed by atoms with van der Waals surface area (Å²) < 4.78 is 16.2. The lowest BCUT2D eigenvalue weighted by molar-refractivity contribution is -0.111. The van der Waals surface area contributed by atoms with Crippen LogP contribution in [0.5, 0.6) is 11.5 Å². The van der Waals surface area contributed by atoms with Crippen molar-refractivity contribution < 1.29 is 14.2 Å². The molecule has 0 radical (unpaired) electrons. The van der Waals surface area contributed by atoms with Gasteiger partial charge in [-0.15, -0.1) is 0 Å². The van der Waals surface area contributed by atoms with Gasteiger partial charge in [-0.3, -0.25) is 0 Å². The summed E-state index contributed by atoms with van der Waals surface area (Å²) in [6, 6.07) is 6.56. The van der Waals surface area contributed by atoms with E-state index in [2.05, 4.69) is 12.1 Å². The first-order chi connectivity index (χ1) is 9.19. The molecule has 19 heavy (non-hydrogen) atoms. The van der Waals surface area contributed by atoms with E-state index in [0.29, 0.717) is 12.0 Å². The van der Waals surface area contributed by atoms with Crippen molar-refractivity contribution in [2.45, 2.75) is 24.3 Å². The molecule has 0 aromatic heterocycles. The molecule has 0 unspecified atom stereocenters. The monoisotopic (exact) mass is 263 g/mol. The number of rotatable bonds is 4. The number of ether oxygens (including phenoxy) is 3. The van der Waals surface area contributed by atoms with Crippen molar-refractivity contribution in [3.63, 3.8) is 0 Å². The van der Waals surface area contributed by atoms with Crippen molar-refractivity contribution in [3.8, 4) is 11.5 Å². The van der Waals surface area contributed by atoms with Crippen molar-refractivity contribution in [2.24, 2.45) is 11.7 Å². The van der Waals surface area contributed by atoms with E-state index in [0.717, 1.165) is 37.6 Å². The first-order valence-corrected chi connectivity index (χ1v) is 6.75. The molecule has 1 saturated carbocycles. The molecule has 2 aliphatic rings. The van der Waals surface area contributed by atoms with Crippen LogP contribution in [0, 0.1) is 5.92 Å². The van der Waals surface area contributed by atoms with Crippen LogP contribution in [0.1, 0.15) is 18.4 Å². The highest BCUT2D eigenvalue weighted by Crippen LogP contribution is 2.49. The van der Waals surface area contributed by atoms with Crippen molar-refractivity contribution in [3.05, 3.63) is 23.8 Å². The normalized spacial score (nSPS) is 28.2. The van der Waals surface area contributed by atoms with E-state index in [1.165, 1.54) is 5.56 Å². The summed E-state index contributed by atoms with van der Waals surface area (Å²) in [5, 5.41) is 0. The SMILES string of the molecule is COc1ccc(C2(C3CC(N)C3)COC2)cc1OC. The number of hydrogen-bond acceptors (Lipinski definition) is 4. The van der Waals surface area contributed by atoms with Crippen LogP contribution >= 0.6 is 0 Å². The Balaban J connectivity index is 1.91. The smallest absolute Gasteiger partial charge is 0.161 e. The van der Waals surface area contributed by atoms with Crippen LogP contribution in [0.25, 0.3) is 0 Å². The third kappa shape index (κ3) is 1.90. The Morgan fingerprint density at radius 1 is 1.16 bits per heavy atom. The van der Waals surface area contributed by atoms with E-state index in [4.69, 9.17) is 19.9 Å². The Morgan fingerprint density at radius 3 is 2.32 bits per heavy atom. The molecule has 1 aliphatic heterocycles. The maximum atomic E-state index is 5.94. The maximum Gasteiger partial charge on any atom is 0.161 e. The molecule has 4 nitrogen and oxygen atoms in total. The lowest BCUT2D eigenvalue weighted by Crippen LogP contribution is -2.58. The molecule has 1 aromatic carbocycles. The highest BCUT2D eigenvalue weighted by atomic mass is 16.5. The van der Waals surface area contributed by atoms with E-state index < -0.39 is 0 Å². The van der Waals surface area contributed by atoms with E-state index in [-0.39, 0.29) is 5.41 Å². The van der Waals surface area contributed by atoms with Crippen molar-refractivity contribution in [1.29, 1.82) is 0 Å². The summed E-state index contributed by atoms with van der Waals surface area (Å²) in [7, 11) is 3.33. The molecule has 4 heteroatoms. The molecule has 0 bridgehead atoms. The summed E-state index contributed by atoms with van der Waals surface area (Å²) in [6.45, 7) is 1.58. The predicted molar refractivity (Wildman–Crippen MR) is 72.7 cm³/mol. The molecule has 1 saturated heterocycles. The van der Waals surface area contributed by atoms with E-state index in [1.54, 1.807) is 14.2 Å². The highest BCUT2D eigenvalue weighted by molar-refractivity contribution is 5.46. The molecular formula is C15H21NO3. The van der Waals surface area contributed by atoms with Gasteiger partial charge in [0.05, 0.1) is 27.4 Å². The zero-order chi connectivity index (χ0) is 13.5. The average Bonchev–Trinajstić information content (AvgIpc) is 2.35. The molecule has 3 rings (SSSR count). The van der Waals surface area contributed by atoms with Crippen molar-refractivity contribution >= 4 is 0 Å². The van der Waals surface area contributed by atoms with Gasteiger partial charge in [0.2, 0.25) is 0 Å². The molecule has 1 aromatic rings. The third-order valence-electron chi connectivity index (χ3n) is 4.63. The summed E-state index contributed by atoms with van der Waals surface area (Å²) in [5.41, 5.74) is 7.36. The van der Waals surface area contributed by atoms with E-state index >= 15 is 0 Å². The molecular weight excluding hydrogens is 242 g/mol. The Kier molecular flexibility index (Phi) is 3.15. The molecule has 2 N–H and O–H groups in total. The molecule has 0 spiro atoms. The molecule has 0 amide bonds. The summed E-state index contributed by atoms with van der Waals surface area (Å²) in [5.74, 6) is 2.19.